The molecule has 0 aromatic heterocycles. The van der Waals surface area contributed by atoms with Crippen LogP contribution in [0.3, 0.4) is 0 Å². The molecule has 21 heavy (non-hydrogen) atoms. The highest BCUT2D eigenvalue weighted by Gasteiger charge is 2.46. The van der Waals surface area contributed by atoms with Crippen molar-refractivity contribution in [1.29, 1.82) is 0 Å². The van der Waals surface area contributed by atoms with Crippen LogP contribution >= 0.6 is 0 Å². The predicted molar refractivity (Wildman–Crippen MR) is 87.3 cm³/mol. The SMILES string of the molecule is COCC1CCN(C2(CN)CCC3(CCCC3)CC2)CC1. The van der Waals surface area contributed by atoms with E-state index >= 15 is 0 Å². The molecule has 3 fully saturated rings. The first-order valence-electron chi connectivity index (χ1n) is 9.16. The minimum Gasteiger partial charge on any atom is -0.384 e. The molecule has 3 rings (SSSR count). The van der Waals surface area contributed by atoms with Crippen LogP contribution in [0.5, 0.6) is 0 Å². The minimum absolute atomic E-state index is 0.325. The van der Waals surface area contributed by atoms with Crippen LogP contribution in [0, 0.1) is 11.3 Å². The zero-order valence-corrected chi connectivity index (χ0v) is 13.9. The van der Waals surface area contributed by atoms with Gasteiger partial charge in [0, 0.05) is 25.8 Å². The van der Waals surface area contributed by atoms with Crippen molar-refractivity contribution in [3.05, 3.63) is 0 Å². The topological polar surface area (TPSA) is 38.5 Å². The molecule has 2 aliphatic carbocycles. The Morgan fingerprint density at radius 3 is 2.14 bits per heavy atom. The summed E-state index contributed by atoms with van der Waals surface area (Å²) in [6, 6.07) is 0. The Morgan fingerprint density at radius 2 is 1.62 bits per heavy atom. The summed E-state index contributed by atoms with van der Waals surface area (Å²) in [7, 11) is 1.83. The van der Waals surface area contributed by atoms with E-state index in [1.807, 2.05) is 7.11 Å². The lowest BCUT2D eigenvalue weighted by Gasteiger charge is -2.52. The van der Waals surface area contributed by atoms with Gasteiger partial charge in [-0.3, -0.25) is 4.90 Å². The molecular formula is C18H34N2O. The van der Waals surface area contributed by atoms with Crippen LogP contribution in [-0.2, 0) is 4.74 Å². The van der Waals surface area contributed by atoms with E-state index in [1.165, 1.54) is 77.3 Å². The van der Waals surface area contributed by atoms with Crippen LogP contribution in [0.2, 0.25) is 0 Å². The van der Waals surface area contributed by atoms with Gasteiger partial charge in [-0.1, -0.05) is 12.8 Å². The van der Waals surface area contributed by atoms with Gasteiger partial charge >= 0.3 is 0 Å². The maximum absolute atomic E-state index is 6.28. The van der Waals surface area contributed by atoms with E-state index in [1.54, 1.807) is 0 Å². The second-order valence-corrected chi connectivity index (χ2v) is 8.02. The molecule has 0 amide bonds. The molecular weight excluding hydrogens is 260 g/mol. The molecule has 1 spiro atoms. The highest BCUT2D eigenvalue weighted by atomic mass is 16.5. The summed E-state index contributed by atoms with van der Waals surface area (Å²) in [4.78, 5) is 2.75. The lowest BCUT2D eigenvalue weighted by Crippen LogP contribution is -2.58. The molecule has 0 unspecified atom stereocenters. The smallest absolute Gasteiger partial charge is 0.0491 e. The number of hydrogen-bond acceptors (Lipinski definition) is 3. The Hall–Kier alpha value is -0.120. The molecule has 0 radical (unpaired) electrons. The highest BCUT2D eigenvalue weighted by Crippen LogP contribution is 2.52. The van der Waals surface area contributed by atoms with Gasteiger partial charge in [-0.15, -0.1) is 0 Å². The molecule has 0 aromatic carbocycles. The third kappa shape index (κ3) is 3.16. The van der Waals surface area contributed by atoms with E-state index in [2.05, 4.69) is 4.90 Å². The van der Waals surface area contributed by atoms with Crippen LogP contribution in [-0.4, -0.2) is 43.8 Å². The summed E-state index contributed by atoms with van der Waals surface area (Å²) < 4.78 is 5.33. The predicted octanol–water partition coefficient (Wildman–Crippen LogP) is 3.18. The van der Waals surface area contributed by atoms with Gasteiger partial charge in [-0.25, -0.2) is 0 Å². The van der Waals surface area contributed by atoms with E-state index in [4.69, 9.17) is 10.5 Å². The third-order valence-electron chi connectivity index (χ3n) is 6.97. The average molecular weight is 294 g/mol. The summed E-state index contributed by atoms with van der Waals surface area (Å²) in [5.41, 5.74) is 7.32. The van der Waals surface area contributed by atoms with Gasteiger partial charge in [0.15, 0.2) is 0 Å². The lowest BCUT2D eigenvalue weighted by atomic mass is 9.65. The molecule has 3 nitrogen and oxygen atoms in total. The van der Waals surface area contributed by atoms with Gasteiger partial charge in [-0.2, -0.15) is 0 Å². The summed E-state index contributed by atoms with van der Waals surface area (Å²) in [5.74, 6) is 0.769. The van der Waals surface area contributed by atoms with E-state index in [9.17, 15) is 0 Å². The van der Waals surface area contributed by atoms with Crippen LogP contribution < -0.4 is 5.73 Å². The van der Waals surface area contributed by atoms with Gasteiger partial charge in [0.05, 0.1) is 0 Å². The summed E-state index contributed by atoms with van der Waals surface area (Å²) >= 11 is 0. The molecule has 122 valence electrons. The van der Waals surface area contributed by atoms with Crippen LogP contribution in [0.1, 0.15) is 64.2 Å². The zero-order chi connectivity index (χ0) is 14.8. The zero-order valence-electron chi connectivity index (χ0n) is 13.9. The molecule has 1 saturated heterocycles. The molecule has 3 heteroatoms. The maximum Gasteiger partial charge on any atom is 0.0491 e. The van der Waals surface area contributed by atoms with E-state index in [0.29, 0.717) is 11.0 Å². The number of ether oxygens (including phenoxy) is 1. The Morgan fingerprint density at radius 1 is 1.00 bits per heavy atom. The van der Waals surface area contributed by atoms with Crippen molar-refractivity contribution < 1.29 is 4.74 Å². The summed E-state index contributed by atoms with van der Waals surface area (Å²) in [6.45, 7) is 4.26. The number of nitrogens with zero attached hydrogens (tertiary/aromatic N) is 1. The average Bonchev–Trinajstić information content (AvgIpc) is 2.98. The molecule has 0 bridgehead atoms. The van der Waals surface area contributed by atoms with E-state index in [-0.39, 0.29) is 0 Å². The Labute approximate surface area is 130 Å². The Balaban J connectivity index is 1.58. The van der Waals surface area contributed by atoms with Crippen molar-refractivity contribution in [1.82, 2.24) is 4.90 Å². The van der Waals surface area contributed by atoms with Crippen molar-refractivity contribution in [3.8, 4) is 0 Å². The second-order valence-electron chi connectivity index (χ2n) is 8.02. The first kappa shape index (κ1) is 15.8. The molecule has 0 atom stereocenters. The normalized spacial score (nSPS) is 30.0. The number of hydrogen-bond donors (Lipinski definition) is 1. The van der Waals surface area contributed by atoms with Crippen molar-refractivity contribution >= 4 is 0 Å². The molecule has 1 heterocycles. The highest BCUT2D eigenvalue weighted by molar-refractivity contribution is 5.02. The van der Waals surface area contributed by atoms with Gasteiger partial charge in [0.25, 0.3) is 0 Å². The Bertz CT molecular complexity index is 320. The summed E-state index contributed by atoms with van der Waals surface area (Å²) in [5, 5.41) is 0. The van der Waals surface area contributed by atoms with E-state index in [0.717, 1.165) is 19.1 Å². The Kier molecular flexibility index (Phi) is 4.92. The number of likely N-dealkylation sites (tertiary alicyclic amines) is 1. The molecule has 2 saturated carbocycles. The van der Waals surface area contributed by atoms with Crippen LogP contribution in [0.25, 0.3) is 0 Å². The van der Waals surface area contributed by atoms with Crippen LogP contribution in [0.4, 0.5) is 0 Å². The fourth-order valence-corrected chi connectivity index (χ4v) is 5.33. The fourth-order valence-electron chi connectivity index (χ4n) is 5.33. The van der Waals surface area contributed by atoms with Gasteiger partial charge in [-0.05, 0) is 75.8 Å². The molecule has 1 aliphatic heterocycles. The van der Waals surface area contributed by atoms with Crippen molar-refractivity contribution in [2.75, 3.05) is 33.4 Å². The maximum atomic E-state index is 6.28. The van der Waals surface area contributed by atoms with Crippen LogP contribution in [0.15, 0.2) is 0 Å². The lowest BCUT2D eigenvalue weighted by molar-refractivity contribution is -0.0141. The van der Waals surface area contributed by atoms with E-state index < -0.39 is 0 Å². The van der Waals surface area contributed by atoms with Crippen molar-refractivity contribution in [2.24, 2.45) is 17.1 Å². The molecule has 3 aliphatic rings. The largest absolute Gasteiger partial charge is 0.384 e. The van der Waals surface area contributed by atoms with Gasteiger partial charge in [0.2, 0.25) is 0 Å². The fraction of sp³-hybridized carbons (Fsp3) is 1.00. The van der Waals surface area contributed by atoms with Crippen molar-refractivity contribution in [2.45, 2.75) is 69.7 Å². The first-order chi connectivity index (χ1) is 10.2. The number of piperidine rings is 1. The standard InChI is InChI=1S/C18H34N2O/c1-21-14-16-4-12-20(13-5-16)18(15-19)10-8-17(9-11-18)6-2-3-7-17/h16H,2-15,19H2,1H3. The second kappa shape index (κ2) is 6.55. The minimum atomic E-state index is 0.325. The number of rotatable bonds is 4. The van der Waals surface area contributed by atoms with Crippen molar-refractivity contribution in [3.63, 3.8) is 0 Å². The number of methoxy groups -OCH3 is 1. The van der Waals surface area contributed by atoms with Gasteiger partial charge in [0.1, 0.15) is 0 Å². The third-order valence-corrected chi connectivity index (χ3v) is 6.97. The molecule has 0 aromatic rings. The first-order valence-corrected chi connectivity index (χ1v) is 9.16. The van der Waals surface area contributed by atoms with Gasteiger partial charge < -0.3 is 10.5 Å². The quantitative estimate of drug-likeness (QED) is 0.865. The molecule has 2 N–H and O–H groups in total. The summed E-state index contributed by atoms with van der Waals surface area (Å²) in [6.07, 6.45) is 14.1. The monoisotopic (exact) mass is 294 g/mol. The number of nitrogens with two attached hydrogens (primary N) is 1.